The Morgan fingerprint density at radius 3 is 2.69 bits per heavy atom. The summed E-state index contributed by atoms with van der Waals surface area (Å²) in [6, 6.07) is 6.32. The number of amides is 2. The second-order valence-electron chi connectivity index (χ2n) is 6.30. The second-order valence-corrected chi connectivity index (χ2v) is 6.30. The number of esters is 1. The van der Waals surface area contributed by atoms with Crippen LogP contribution in [0.1, 0.15) is 56.3 Å². The van der Waals surface area contributed by atoms with Gasteiger partial charge in [0, 0.05) is 25.4 Å². The molecule has 0 fully saturated rings. The Hall–Kier alpha value is -2.08. The summed E-state index contributed by atoms with van der Waals surface area (Å²) in [6.07, 6.45) is 5.60. The number of rotatable bonds is 12. The molecule has 0 saturated heterocycles. The van der Waals surface area contributed by atoms with Crippen LogP contribution in [0.2, 0.25) is 0 Å². The number of benzene rings is 1. The highest BCUT2D eigenvalue weighted by Crippen LogP contribution is 2.13. The largest absolute Gasteiger partial charge is 0.465 e. The summed E-state index contributed by atoms with van der Waals surface area (Å²) in [4.78, 5) is 23.4. The molecule has 0 heterocycles. The van der Waals surface area contributed by atoms with Crippen LogP contribution >= 0.6 is 0 Å². The summed E-state index contributed by atoms with van der Waals surface area (Å²) in [5.74, 6) is 0.198. The van der Waals surface area contributed by atoms with Crippen LogP contribution in [0.15, 0.2) is 24.3 Å². The first-order valence-electron chi connectivity index (χ1n) is 9.41. The van der Waals surface area contributed by atoms with Crippen LogP contribution in [-0.2, 0) is 9.47 Å². The maximum atomic E-state index is 11.9. The number of carbonyl (C=O) groups excluding carboxylic acids is 2. The average Bonchev–Trinajstić information content (AvgIpc) is 2.66. The van der Waals surface area contributed by atoms with E-state index >= 15 is 0 Å². The molecular weight excluding hydrogens is 332 g/mol. The zero-order valence-corrected chi connectivity index (χ0v) is 16.2. The Morgan fingerprint density at radius 1 is 1.19 bits per heavy atom. The van der Waals surface area contributed by atoms with Gasteiger partial charge in [-0.25, -0.2) is 9.59 Å². The van der Waals surface area contributed by atoms with E-state index in [-0.39, 0.29) is 6.03 Å². The SMILES string of the molecule is CCCCC(CC)COCCCNC(=O)Nc1cccc(C(=O)OC)c1. The third-order valence-electron chi connectivity index (χ3n) is 4.19. The summed E-state index contributed by atoms with van der Waals surface area (Å²) in [5.41, 5.74) is 0.940. The van der Waals surface area contributed by atoms with Crippen molar-refractivity contribution in [1.82, 2.24) is 5.32 Å². The number of carbonyl (C=O) groups is 2. The summed E-state index contributed by atoms with van der Waals surface area (Å²) in [7, 11) is 1.32. The van der Waals surface area contributed by atoms with Gasteiger partial charge in [0.1, 0.15) is 0 Å². The highest BCUT2D eigenvalue weighted by molar-refractivity contribution is 5.93. The third-order valence-corrected chi connectivity index (χ3v) is 4.19. The summed E-state index contributed by atoms with van der Waals surface area (Å²) >= 11 is 0. The summed E-state index contributed by atoms with van der Waals surface area (Å²) < 4.78 is 10.4. The molecular formula is C20H32N2O4. The van der Waals surface area contributed by atoms with Crippen molar-refractivity contribution < 1.29 is 19.1 Å². The Kier molecular flexibility index (Phi) is 11.1. The maximum absolute atomic E-state index is 11.9. The van der Waals surface area contributed by atoms with Crippen molar-refractivity contribution in [2.75, 3.05) is 32.2 Å². The van der Waals surface area contributed by atoms with Gasteiger partial charge in [0.15, 0.2) is 0 Å². The van der Waals surface area contributed by atoms with E-state index < -0.39 is 5.97 Å². The Bertz CT molecular complexity index is 548. The summed E-state index contributed by atoms with van der Waals surface area (Å²) in [6.45, 7) is 6.37. The molecule has 1 aromatic rings. The molecule has 0 spiro atoms. The molecule has 1 aromatic carbocycles. The minimum atomic E-state index is -0.435. The number of hydrogen-bond donors (Lipinski definition) is 2. The first-order chi connectivity index (χ1) is 12.6. The minimum Gasteiger partial charge on any atom is -0.465 e. The minimum absolute atomic E-state index is 0.304. The highest BCUT2D eigenvalue weighted by Gasteiger charge is 2.08. The topological polar surface area (TPSA) is 76.7 Å². The number of hydrogen-bond acceptors (Lipinski definition) is 4. The smallest absolute Gasteiger partial charge is 0.337 e. The Labute approximate surface area is 156 Å². The fourth-order valence-corrected chi connectivity index (χ4v) is 2.54. The Morgan fingerprint density at radius 2 is 2.00 bits per heavy atom. The van der Waals surface area contributed by atoms with Crippen LogP contribution in [0.4, 0.5) is 10.5 Å². The van der Waals surface area contributed by atoms with Crippen molar-refractivity contribution in [1.29, 1.82) is 0 Å². The van der Waals surface area contributed by atoms with Gasteiger partial charge in [0.25, 0.3) is 0 Å². The lowest BCUT2D eigenvalue weighted by Crippen LogP contribution is -2.30. The fraction of sp³-hybridized carbons (Fsp3) is 0.600. The first-order valence-corrected chi connectivity index (χ1v) is 9.41. The maximum Gasteiger partial charge on any atom is 0.337 e. The molecule has 0 saturated carbocycles. The molecule has 26 heavy (non-hydrogen) atoms. The van der Waals surface area contributed by atoms with Crippen LogP contribution in [0, 0.1) is 5.92 Å². The van der Waals surface area contributed by atoms with Crippen LogP contribution in [0.5, 0.6) is 0 Å². The van der Waals surface area contributed by atoms with Gasteiger partial charge in [-0.3, -0.25) is 0 Å². The Balaban J connectivity index is 2.20. The molecule has 0 aliphatic heterocycles. The molecule has 0 radical (unpaired) electrons. The molecule has 6 nitrogen and oxygen atoms in total. The van der Waals surface area contributed by atoms with Crippen molar-refractivity contribution in [3.8, 4) is 0 Å². The molecule has 0 aliphatic carbocycles. The van der Waals surface area contributed by atoms with Crippen LogP contribution < -0.4 is 10.6 Å². The van der Waals surface area contributed by atoms with Crippen molar-refractivity contribution in [2.24, 2.45) is 5.92 Å². The van der Waals surface area contributed by atoms with Gasteiger partial charge < -0.3 is 20.1 Å². The number of urea groups is 1. The number of nitrogens with one attached hydrogen (secondary N) is 2. The quantitative estimate of drug-likeness (QED) is 0.430. The molecule has 2 amide bonds. The predicted molar refractivity (Wildman–Crippen MR) is 104 cm³/mol. The monoisotopic (exact) mass is 364 g/mol. The number of ether oxygens (including phenoxy) is 2. The van der Waals surface area contributed by atoms with E-state index in [1.54, 1.807) is 24.3 Å². The summed E-state index contributed by atoms with van der Waals surface area (Å²) in [5, 5.41) is 5.49. The molecule has 146 valence electrons. The molecule has 6 heteroatoms. The zero-order valence-electron chi connectivity index (χ0n) is 16.2. The molecule has 1 unspecified atom stereocenters. The normalized spacial score (nSPS) is 11.7. The van der Waals surface area contributed by atoms with E-state index in [1.165, 1.54) is 26.4 Å². The molecule has 1 rings (SSSR count). The van der Waals surface area contributed by atoms with Crippen molar-refractivity contribution in [3.63, 3.8) is 0 Å². The van der Waals surface area contributed by atoms with Crippen LogP contribution in [-0.4, -0.2) is 38.9 Å². The van der Waals surface area contributed by atoms with E-state index in [1.807, 2.05) is 0 Å². The fourth-order valence-electron chi connectivity index (χ4n) is 2.54. The lowest BCUT2D eigenvalue weighted by molar-refractivity contribution is 0.0600. The lowest BCUT2D eigenvalue weighted by Gasteiger charge is -2.14. The molecule has 0 bridgehead atoms. The number of methoxy groups -OCH3 is 1. The van der Waals surface area contributed by atoms with Gasteiger partial charge in [-0.05, 0) is 37.0 Å². The van der Waals surface area contributed by atoms with Gasteiger partial charge in [-0.1, -0.05) is 39.2 Å². The van der Waals surface area contributed by atoms with E-state index in [2.05, 4.69) is 29.2 Å². The van der Waals surface area contributed by atoms with Crippen molar-refractivity contribution in [3.05, 3.63) is 29.8 Å². The van der Waals surface area contributed by atoms with E-state index in [4.69, 9.17) is 4.74 Å². The second kappa shape index (κ2) is 13.2. The highest BCUT2D eigenvalue weighted by atomic mass is 16.5. The van der Waals surface area contributed by atoms with Gasteiger partial charge in [-0.2, -0.15) is 0 Å². The van der Waals surface area contributed by atoms with E-state index in [0.29, 0.717) is 30.3 Å². The molecule has 0 aliphatic rings. The van der Waals surface area contributed by atoms with Crippen molar-refractivity contribution in [2.45, 2.75) is 46.0 Å². The van der Waals surface area contributed by atoms with E-state index in [9.17, 15) is 9.59 Å². The van der Waals surface area contributed by atoms with Crippen molar-refractivity contribution >= 4 is 17.7 Å². The lowest BCUT2D eigenvalue weighted by atomic mass is 10.0. The van der Waals surface area contributed by atoms with Crippen LogP contribution in [0.3, 0.4) is 0 Å². The predicted octanol–water partition coefficient (Wildman–Crippen LogP) is 4.22. The zero-order chi connectivity index (χ0) is 19.2. The molecule has 1 atom stereocenters. The molecule has 0 aromatic heterocycles. The van der Waals surface area contributed by atoms with Gasteiger partial charge in [0.2, 0.25) is 0 Å². The van der Waals surface area contributed by atoms with Gasteiger partial charge in [0.05, 0.1) is 12.7 Å². The third kappa shape index (κ3) is 8.85. The molecule has 2 N–H and O–H groups in total. The average molecular weight is 364 g/mol. The van der Waals surface area contributed by atoms with Gasteiger partial charge in [-0.15, -0.1) is 0 Å². The number of anilines is 1. The van der Waals surface area contributed by atoms with Crippen LogP contribution in [0.25, 0.3) is 0 Å². The standard InChI is InChI=1S/C20H32N2O4/c1-4-6-9-16(5-2)15-26-13-8-12-21-20(24)22-18-11-7-10-17(14-18)19(23)25-3/h7,10-11,14,16H,4-6,8-9,12-13,15H2,1-3H3,(H2,21,22,24). The van der Waals surface area contributed by atoms with Gasteiger partial charge >= 0.3 is 12.0 Å². The van der Waals surface area contributed by atoms with E-state index in [0.717, 1.165) is 19.4 Å². The first kappa shape index (κ1) is 22.0. The number of unbranched alkanes of at least 4 members (excludes halogenated alkanes) is 1.